The predicted octanol–water partition coefficient (Wildman–Crippen LogP) is 3.30. The molecule has 0 spiro atoms. The molecular weight excluding hydrogens is 222 g/mol. The first kappa shape index (κ1) is 14.3. The number of aliphatic hydroxyl groups excluding tert-OH is 1. The van der Waals surface area contributed by atoms with Crippen molar-refractivity contribution in [3.05, 3.63) is 0 Å². The fourth-order valence-electron chi connectivity index (χ4n) is 4.21. The largest absolute Gasteiger partial charge is 0.396 e. The summed E-state index contributed by atoms with van der Waals surface area (Å²) in [6.07, 6.45) is 9.23. The monoisotopic (exact) mass is 253 g/mol. The van der Waals surface area contributed by atoms with Crippen molar-refractivity contribution < 1.29 is 5.11 Å². The highest BCUT2D eigenvalue weighted by Crippen LogP contribution is 2.40. The number of aliphatic hydroxyl groups is 1. The van der Waals surface area contributed by atoms with E-state index in [1.807, 2.05) is 0 Å². The SMILES string of the molecule is CCC1CCCN(CC2(CO)CCCC(C)C2)C1. The van der Waals surface area contributed by atoms with Crippen LogP contribution in [-0.2, 0) is 0 Å². The average molecular weight is 253 g/mol. The molecule has 1 heterocycles. The molecule has 3 atom stereocenters. The Kier molecular flexibility index (Phi) is 5.08. The Morgan fingerprint density at radius 1 is 1.28 bits per heavy atom. The minimum absolute atomic E-state index is 0.216. The van der Waals surface area contributed by atoms with E-state index in [0.717, 1.165) is 18.4 Å². The normalized spacial score (nSPS) is 38.8. The van der Waals surface area contributed by atoms with E-state index in [1.165, 1.54) is 58.0 Å². The van der Waals surface area contributed by atoms with Crippen LogP contribution < -0.4 is 0 Å². The van der Waals surface area contributed by atoms with Crippen molar-refractivity contribution in [2.45, 2.75) is 58.8 Å². The Hall–Kier alpha value is -0.0800. The molecule has 18 heavy (non-hydrogen) atoms. The van der Waals surface area contributed by atoms with Crippen molar-refractivity contribution in [2.75, 3.05) is 26.2 Å². The van der Waals surface area contributed by atoms with Gasteiger partial charge >= 0.3 is 0 Å². The second kappa shape index (κ2) is 6.38. The van der Waals surface area contributed by atoms with E-state index in [-0.39, 0.29) is 5.41 Å². The number of piperidine rings is 1. The molecule has 1 saturated heterocycles. The molecule has 1 saturated carbocycles. The molecule has 0 aromatic carbocycles. The highest BCUT2D eigenvalue weighted by atomic mass is 16.3. The Bertz CT molecular complexity index is 255. The molecule has 0 amide bonds. The van der Waals surface area contributed by atoms with Gasteiger partial charge in [-0.2, -0.15) is 0 Å². The molecule has 0 bridgehead atoms. The summed E-state index contributed by atoms with van der Waals surface area (Å²) in [5, 5.41) is 9.89. The van der Waals surface area contributed by atoms with Crippen molar-refractivity contribution in [3.63, 3.8) is 0 Å². The van der Waals surface area contributed by atoms with Crippen molar-refractivity contribution in [1.82, 2.24) is 4.90 Å². The lowest BCUT2D eigenvalue weighted by molar-refractivity contribution is 0.0113. The predicted molar refractivity (Wildman–Crippen MR) is 76.6 cm³/mol. The summed E-state index contributed by atoms with van der Waals surface area (Å²) in [5.74, 6) is 1.70. The maximum absolute atomic E-state index is 9.89. The topological polar surface area (TPSA) is 23.5 Å². The van der Waals surface area contributed by atoms with E-state index in [0.29, 0.717) is 6.61 Å². The van der Waals surface area contributed by atoms with Crippen molar-refractivity contribution in [2.24, 2.45) is 17.3 Å². The third kappa shape index (κ3) is 3.48. The minimum Gasteiger partial charge on any atom is -0.396 e. The zero-order valence-electron chi connectivity index (χ0n) is 12.3. The third-order valence-electron chi connectivity index (χ3n) is 5.26. The van der Waals surface area contributed by atoms with Gasteiger partial charge in [-0.3, -0.25) is 0 Å². The van der Waals surface area contributed by atoms with Gasteiger partial charge in [-0.1, -0.05) is 33.1 Å². The number of nitrogens with zero attached hydrogens (tertiary/aromatic N) is 1. The quantitative estimate of drug-likeness (QED) is 0.831. The van der Waals surface area contributed by atoms with E-state index in [9.17, 15) is 5.11 Å². The van der Waals surface area contributed by atoms with Crippen molar-refractivity contribution >= 4 is 0 Å². The lowest BCUT2D eigenvalue weighted by Gasteiger charge is -2.44. The molecular formula is C16H31NO. The van der Waals surface area contributed by atoms with Crippen molar-refractivity contribution in [3.8, 4) is 0 Å². The Labute approximate surface area is 113 Å². The summed E-state index contributed by atoms with van der Waals surface area (Å²) in [6.45, 7) is 8.74. The van der Waals surface area contributed by atoms with Crippen LogP contribution in [0.3, 0.4) is 0 Å². The van der Waals surface area contributed by atoms with Gasteiger partial charge in [0, 0.05) is 25.1 Å². The summed E-state index contributed by atoms with van der Waals surface area (Å²) < 4.78 is 0. The number of hydrogen-bond acceptors (Lipinski definition) is 2. The fourth-order valence-corrected chi connectivity index (χ4v) is 4.21. The van der Waals surface area contributed by atoms with Crippen LogP contribution in [-0.4, -0.2) is 36.2 Å². The molecule has 1 aliphatic heterocycles. The maximum atomic E-state index is 9.89. The van der Waals surface area contributed by atoms with E-state index in [2.05, 4.69) is 18.7 Å². The standard InChI is InChI=1S/C16H31NO/c1-3-15-7-5-9-17(11-15)12-16(13-18)8-4-6-14(2)10-16/h14-15,18H,3-13H2,1-2H3. The van der Waals surface area contributed by atoms with E-state index < -0.39 is 0 Å². The van der Waals surface area contributed by atoms with Crippen LogP contribution in [0.25, 0.3) is 0 Å². The summed E-state index contributed by atoms with van der Waals surface area (Å²) in [5.41, 5.74) is 0.216. The molecule has 1 aliphatic carbocycles. The van der Waals surface area contributed by atoms with Crippen LogP contribution in [0.2, 0.25) is 0 Å². The zero-order valence-corrected chi connectivity index (χ0v) is 12.3. The smallest absolute Gasteiger partial charge is 0.0499 e. The first-order valence-electron chi connectivity index (χ1n) is 8.00. The van der Waals surface area contributed by atoms with Gasteiger partial charge in [-0.25, -0.2) is 0 Å². The second-order valence-electron chi connectivity index (χ2n) is 7.01. The fraction of sp³-hybridized carbons (Fsp3) is 1.00. The highest BCUT2D eigenvalue weighted by Gasteiger charge is 2.36. The Morgan fingerprint density at radius 2 is 2.11 bits per heavy atom. The van der Waals surface area contributed by atoms with E-state index >= 15 is 0 Å². The Morgan fingerprint density at radius 3 is 2.78 bits per heavy atom. The van der Waals surface area contributed by atoms with Crippen LogP contribution >= 0.6 is 0 Å². The number of likely N-dealkylation sites (tertiary alicyclic amines) is 1. The summed E-state index contributed by atoms with van der Waals surface area (Å²) in [4.78, 5) is 2.64. The van der Waals surface area contributed by atoms with Crippen LogP contribution in [0.1, 0.15) is 58.8 Å². The molecule has 1 N–H and O–H groups in total. The molecule has 2 heteroatoms. The van der Waals surface area contributed by atoms with Crippen LogP contribution in [0, 0.1) is 17.3 Å². The highest BCUT2D eigenvalue weighted by molar-refractivity contribution is 4.89. The molecule has 2 rings (SSSR count). The molecule has 106 valence electrons. The van der Waals surface area contributed by atoms with Gasteiger partial charge < -0.3 is 10.0 Å². The molecule has 0 radical (unpaired) electrons. The Balaban J connectivity index is 1.92. The lowest BCUT2D eigenvalue weighted by atomic mass is 9.70. The molecule has 0 aromatic heterocycles. The molecule has 3 unspecified atom stereocenters. The van der Waals surface area contributed by atoms with Crippen LogP contribution in [0.5, 0.6) is 0 Å². The zero-order chi connectivity index (χ0) is 13.0. The van der Waals surface area contributed by atoms with Gasteiger partial charge in [0.05, 0.1) is 0 Å². The van der Waals surface area contributed by atoms with Gasteiger partial charge in [0.1, 0.15) is 0 Å². The van der Waals surface area contributed by atoms with Gasteiger partial charge in [0.25, 0.3) is 0 Å². The van der Waals surface area contributed by atoms with Gasteiger partial charge in [0.2, 0.25) is 0 Å². The molecule has 2 fully saturated rings. The second-order valence-corrected chi connectivity index (χ2v) is 7.01. The number of rotatable bonds is 4. The van der Waals surface area contributed by atoms with Gasteiger partial charge in [0.15, 0.2) is 0 Å². The van der Waals surface area contributed by atoms with E-state index in [4.69, 9.17) is 0 Å². The summed E-state index contributed by atoms with van der Waals surface area (Å²) in [6, 6.07) is 0. The average Bonchev–Trinajstić information content (AvgIpc) is 2.39. The minimum atomic E-state index is 0.216. The summed E-state index contributed by atoms with van der Waals surface area (Å²) >= 11 is 0. The number of hydrogen-bond donors (Lipinski definition) is 1. The maximum Gasteiger partial charge on any atom is 0.0499 e. The lowest BCUT2D eigenvalue weighted by Crippen LogP contribution is -2.46. The molecule has 0 aromatic rings. The molecule has 2 aliphatic rings. The first-order chi connectivity index (χ1) is 8.67. The third-order valence-corrected chi connectivity index (χ3v) is 5.26. The van der Waals surface area contributed by atoms with Crippen LogP contribution in [0.4, 0.5) is 0 Å². The summed E-state index contributed by atoms with van der Waals surface area (Å²) in [7, 11) is 0. The van der Waals surface area contributed by atoms with Crippen molar-refractivity contribution in [1.29, 1.82) is 0 Å². The molecule has 2 nitrogen and oxygen atoms in total. The van der Waals surface area contributed by atoms with E-state index in [1.54, 1.807) is 0 Å². The van der Waals surface area contributed by atoms with Gasteiger partial charge in [-0.05, 0) is 44.1 Å². The van der Waals surface area contributed by atoms with Crippen LogP contribution in [0.15, 0.2) is 0 Å². The van der Waals surface area contributed by atoms with Gasteiger partial charge in [-0.15, -0.1) is 0 Å². The first-order valence-corrected chi connectivity index (χ1v) is 8.00.